The van der Waals surface area contributed by atoms with Crippen LogP contribution in [-0.4, -0.2) is 17.9 Å². The van der Waals surface area contributed by atoms with Crippen LogP contribution in [0.1, 0.15) is 24.3 Å². The first-order valence-electron chi connectivity index (χ1n) is 8.02. The molecule has 1 aliphatic carbocycles. The highest BCUT2D eigenvalue weighted by molar-refractivity contribution is 14.1. The fraction of sp³-hybridized carbons (Fsp3) is 0.250. The summed E-state index contributed by atoms with van der Waals surface area (Å²) in [5, 5.41) is 0. The third kappa shape index (κ3) is 2.42. The normalized spacial score (nSPS) is 26.4. The van der Waals surface area contributed by atoms with Crippen LogP contribution in [0.4, 0.5) is 5.69 Å². The van der Waals surface area contributed by atoms with Gasteiger partial charge in [0.2, 0.25) is 0 Å². The van der Waals surface area contributed by atoms with Crippen LogP contribution in [0.5, 0.6) is 0 Å². The monoisotopic (exact) mass is 415 g/mol. The molecule has 0 saturated carbocycles. The second-order valence-electron chi connectivity index (χ2n) is 6.30. The van der Waals surface area contributed by atoms with Crippen molar-refractivity contribution in [3.05, 3.63) is 75.9 Å². The average Bonchev–Trinajstić information content (AvgIpc) is 3.14. The van der Waals surface area contributed by atoms with Gasteiger partial charge in [0.25, 0.3) is 0 Å². The van der Waals surface area contributed by atoms with Crippen molar-refractivity contribution in [1.29, 1.82) is 0 Å². The van der Waals surface area contributed by atoms with Crippen LogP contribution >= 0.6 is 22.6 Å². The van der Waals surface area contributed by atoms with Crippen LogP contribution < -0.4 is 4.90 Å². The number of anilines is 1. The second kappa shape index (κ2) is 5.78. The molecule has 4 rings (SSSR count). The van der Waals surface area contributed by atoms with Crippen LogP contribution in [0, 0.1) is 3.57 Å². The predicted molar refractivity (Wildman–Crippen MR) is 102 cm³/mol. The number of allylic oxidation sites excluding steroid dienone is 1. The zero-order chi connectivity index (χ0) is 15.9. The molecule has 0 unspecified atom stereocenters. The summed E-state index contributed by atoms with van der Waals surface area (Å²) in [6.07, 6.45) is 6.09. The first-order chi connectivity index (χ1) is 11.2. The number of benzene rings is 2. The molecule has 1 fully saturated rings. The number of ketones is 1. The zero-order valence-corrected chi connectivity index (χ0v) is 14.9. The third-order valence-electron chi connectivity index (χ3n) is 5.05. The number of rotatable bonds is 2. The summed E-state index contributed by atoms with van der Waals surface area (Å²) < 4.78 is 1.23. The Kier molecular flexibility index (Phi) is 3.76. The Morgan fingerprint density at radius 2 is 1.78 bits per heavy atom. The van der Waals surface area contributed by atoms with Crippen LogP contribution in [0.25, 0.3) is 0 Å². The van der Waals surface area contributed by atoms with Gasteiger partial charge in [0.05, 0.1) is 11.5 Å². The summed E-state index contributed by atoms with van der Waals surface area (Å²) in [6, 6.07) is 18.9. The molecular formula is C20H18INO. The molecule has 1 heterocycles. The first-order valence-corrected chi connectivity index (χ1v) is 9.10. The largest absolute Gasteiger partial charge is 0.361 e. The molecule has 1 saturated heterocycles. The highest BCUT2D eigenvalue weighted by Gasteiger charge is 2.51. The Labute approximate surface area is 150 Å². The number of carbonyl (C=O) groups excluding carboxylic acids is 1. The molecule has 2 aliphatic rings. The number of nitrogens with zero attached hydrogens (tertiary/aromatic N) is 1. The minimum atomic E-state index is -0.203. The van der Waals surface area contributed by atoms with Gasteiger partial charge in [-0.3, -0.25) is 4.79 Å². The van der Waals surface area contributed by atoms with E-state index in [0.29, 0.717) is 0 Å². The molecule has 1 spiro atoms. The van der Waals surface area contributed by atoms with Crippen LogP contribution in [0.2, 0.25) is 0 Å². The van der Waals surface area contributed by atoms with E-state index >= 15 is 0 Å². The van der Waals surface area contributed by atoms with Crippen molar-refractivity contribution in [2.75, 3.05) is 11.4 Å². The lowest BCUT2D eigenvalue weighted by atomic mass is 9.79. The van der Waals surface area contributed by atoms with Gasteiger partial charge < -0.3 is 4.90 Å². The first kappa shape index (κ1) is 14.9. The van der Waals surface area contributed by atoms with Gasteiger partial charge in [-0.2, -0.15) is 0 Å². The van der Waals surface area contributed by atoms with Gasteiger partial charge in [-0.1, -0.05) is 36.4 Å². The molecule has 2 atom stereocenters. The lowest BCUT2D eigenvalue weighted by Gasteiger charge is -2.40. The molecule has 0 amide bonds. The van der Waals surface area contributed by atoms with Crippen molar-refractivity contribution in [3.8, 4) is 0 Å². The summed E-state index contributed by atoms with van der Waals surface area (Å²) in [4.78, 5) is 15.1. The fourth-order valence-corrected chi connectivity index (χ4v) is 4.45. The molecule has 116 valence electrons. The standard InChI is InChI=1S/C20H18INO/c21-16-7-9-17(10-8-16)22-14-4-12-20(22)13-11-18(23)19(20)15-5-2-1-3-6-15/h1-3,5-11,13,19H,4,12,14H2/t19-,20-/m1/s1. The van der Waals surface area contributed by atoms with E-state index < -0.39 is 0 Å². The Balaban J connectivity index is 1.79. The van der Waals surface area contributed by atoms with Gasteiger partial charge in [-0.15, -0.1) is 0 Å². The lowest BCUT2D eigenvalue weighted by molar-refractivity contribution is -0.116. The fourth-order valence-electron chi connectivity index (χ4n) is 4.09. The van der Waals surface area contributed by atoms with E-state index in [2.05, 4.69) is 70.0 Å². The molecule has 3 heteroatoms. The summed E-state index contributed by atoms with van der Waals surface area (Å²) >= 11 is 2.33. The second-order valence-corrected chi connectivity index (χ2v) is 7.55. The third-order valence-corrected chi connectivity index (χ3v) is 5.77. The van der Waals surface area contributed by atoms with Gasteiger partial charge in [0, 0.05) is 15.8 Å². The maximum Gasteiger partial charge on any atom is 0.165 e. The minimum absolute atomic E-state index is 0.0921. The quantitative estimate of drug-likeness (QED) is 0.671. The van der Waals surface area contributed by atoms with Crippen molar-refractivity contribution in [2.24, 2.45) is 0 Å². The molecule has 0 N–H and O–H groups in total. The molecule has 1 aliphatic heterocycles. The number of halogens is 1. The SMILES string of the molecule is O=C1C=C[C@]2(CCCN2c2ccc(I)cc2)[C@@H]1c1ccccc1. The van der Waals surface area contributed by atoms with E-state index in [0.717, 1.165) is 24.9 Å². The maximum absolute atomic E-state index is 12.7. The molecule has 0 aromatic heterocycles. The van der Waals surface area contributed by atoms with E-state index in [1.54, 1.807) is 6.08 Å². The Morgan fingerprint density at radius 1 is 1.04 bits per heavy atom. The van der Waals surface area contributed by atoms with Crippen molar-refractivity contribution < 1.29 is 4.79 Å². The van der Waals surface area contributed by atoms with Crippen molar-refractivity contribution >= 4 is 34.1 Å². The molecule has 2 aromatic rings. The maximum atomic E-state index is 12.7. The molecule has 0 radical (unpaired) electrons. The molecule has 2 aromatic carbocycles. The summed E-state index contributed by atoms with van der Waals surface area (Å²) in [7, 11) is 0. The Bertz CT molecular complexity index is 753. The highest BCUT2D eigenvalue weighted by Crippen LogP contribution is 2.48. The van der Waals surface area contributed by atoms with Gasteiger partial charge >= 0.3 is 0 Å². The van der Waals surface area contributed by atoms with Gasteiger partial charge in [0.1, 0.15) is 0 Å². The van der Waals surface area contributed by atoms with E-state index in [4.69, 9.17) is 0 Å². The topological polar surface area (TPSA) is 20.3 Å². The summed E-state index contributed by atoms with van der Waals surface area (Å²) in [5.74, 6) is 0.138. The van der Waals surface area contributed by atoms with Crippen LogP contribution in [0.3, 0.4) is 0 Å². The molecule has 0 bridgehead atoms. The van der Waals surface area contributed by atoms with E-state index in [1.165, 1.54) is 9.26 Å². The van der Waals surface area contributed by atoms with E-state index in [-0.39, 0.29) is 17.2 Å². The highest BCUT2D eigenvalue weighted by atomic mass is 127. The smallest absolute Gasteiger partial charge is 0.165 e. The summed E-state index contributed by atoms with van der Waals surface area (Å²) in [6.45, 7) is 1.00. The van der Waals surface area contributed by atoms with E-state index in [1.807, 2.05) is 18.2 Å². The lowest BCUT2D eigenvalue weighted by Crippen LogP contribution is -2.47. The molecule has 23 heavy (non-hydrogen) atoms. The molecule has 2 nitrogen and oxygen atoms in total. The number of hydrogen-bond acceptors (Lipinski definition) is 2. The minimum Gasteiger partial charge on any atom is -0.361 e. The predicted octanol–water partition coefficient (Wildman–Crippen LogP) is 4.55. The Morgan fingerprint density at radius 3 is 2.52 bits per heavy atom. The molecular weight excluding hydrogens is 397 g/mol. The summed E-state index contributed by atoms with van der Waals surface area (Å²) in [5.41, 5.74) is 2.13. The van der Waals surface area contributed by atoms with Gasteiger partial charge in [-0.05, 0) is 71.3 Å². The number of carbonyl (C=O) groups is 1. The van der Waals surface area contributed by atoms with Crippen molar-refractivity contribution in [2.45, 2.75) is 24.3 Å². The van der Waals surface area contributed by atoms with Crippen LogP contribution in [0.15, 0.2) is 66.7 Å². The number of hydrogen-bond donors (Lipinski definition) is 0. The van der Waals surface area contributed by atoms with Gasteiger partial charge in [0.15, 0.2) is 5.78 Å². The average molecular weight is 415 g/mol. The Hall–Kier alpha value is -1.62. The van der Waals surface area contributed by atoms with Crippen molar-refractivity contribution in [1.82, 2.24) is 0 Å². The zero-order valence-electron chi connectivity index (χ0n) is 12.8. The van der Waals surface area contributed by atoms with Crippen LogP contribution in [-0.2, 0) is 4.79 Å². The van der Waals surface area contributed by atoms with Gasteiger partial charge in [-0.25, -0.2) is 0 Å². The van der Waals surface area contributed by atoms with E-state index in [9.17, 15) is 4.79 Å². The van der Waals surface area contributed by atoms with Crippen molar-refractivity contribution in [3.63, 3.8) is 0 Å².